The van der Waals surface area contributed by atoms with Gasteiger partial charge in [-0.3, -0.25) is 9.59 Å². The molecule has 0 spiro atoms. The van der Waals surface area contributed by atoms with Crippen LogP contribution in [0.5, 0.6) is 0 Å². The zero-order chi connectivity index (χ0) is 20.0. The third kappa shape index (κ3) is 10.7. The second-order valence-electron chi connectivity index (χ2n) is 7.04. The highest BCUT2D eigenvalue weighted by Crippen LogP contribution is 2.36. The lowest BCUT2D eigenvalue weighted by atomic mass is 9.73. The third-order valence-corrected chi connectivity index (χ3v) is 4.67. The highest BCUT2D eigenvalue weighted by molar-refractivity contribution is 5.74. The van der Waals surface area contributed by atoms with Crippen molar-refractivity contribution in [3.8, 4) is 0 Å². The lowest BCUT2D eigenvalue weighted by molar-refractivity contribution is -0.155. The molecule has 0 radical (unpaired) electrons. The third-order valence-electron chi connectivity index (χ3n) is 4.67. The Balaban J connectivity index is 4.37. The summed E-state index contributed by atoms with van der Waals surface area (Å²) in [5.41, 5.74) is -1.38. The first-order chi connectivity index (χ1) is 12.3. The van der Waals surface area contributed by atoms with E-state index in [1.807, 2.05) is 0 Å². The molecular weight excluding hydrogens is 344 g/mol. The van der Waals surface area contributed by atoms with Crippen LogP contribution in [0.25, 0.3) is 0 Å². The Morgan fingerprint density at radius 2 is 1.15 bits per heavy atom. The van der Waals surface area contributed by atoms with Crippen LogP contribution in [0.2, 0.25) is 0 Å². The van der Waals surface area contributed by atoms with Crippen molar-refractivity contribution in [3.63, 3.8) is 0 Å². The fourth-order valence-corrected chi connectivity index (χ4v) is 3.22. The molecule has 2 unspecified atom stereocenters. The summed E-state index contributed by atoms with van der Waals surface area (Å²) in [4.78, 5) is 22.2. The van der Waals surface area contributed by atoms with E-state index in [2.05, 4.69) is 0 Å². The molecule has 0 aromatic heterocycles. The summed E-state index contributed by atoms with van der Waals surface area (Å²) in [6.07, 6.45) is 3.38. The minimum absolute atomic E-state index is 0.176. The molecule has 26 heavy (non-hydrogen) atoms. The summed E-state index contributed by atoms with van der Waals surface area (Å²) in [5, 5.41) is 55.6. The quantitative estimate of drug-likeness (QED) is 0.206. The van der Waals surface area contributed by atoms with E-state index >= 15 is 0 Å². The van der Waals surface area contributed by atoms with Crippen molar-refractivity contribution in [2.75, 3.05) is 13.2 Å². The Morgan fingerprint density at radius 1 is 0.731 bits per heavy atom. The molecule has 2 atom stereocenters. The van der Waals surface area contributed by atoms with E-state index in [9.17, 15) is 24.9 Å². The summed E-state index contributed by atoms with van der Waals surface area (Å²) in [7, 11) is 0. The molecule has 8 heteroatoms. The SMILES string of the molecule is O=C(O)CCCCCCCCCC(CC(O)CO)(CC(O)CO)C(=O)O. The number of carboxylic acids is 2. The Kier molecular flexibility index (Phi) is 13.3. The van der Waals surface area contributed by atoms with Crippen molar-refractivity contribution in [2.24, 2.45) is 5.41 Å². The fraction of sp³-hybridized carbons (Fsp3) is 0.889. The number of hydrogen-bond acceptors (Lipinski definition) is 6. The highest BCUT2D eigenvalue weighted by Gasteiger charge is 2.41. The molecular formula is C18H34O8. The van der Waals surface area contributed by atoms with E-state index in [0.29, 0.717) is 12.8 Å². The van der Waals surface area contributed by atoms with Gasteiger partial charge in [0, 0.05) is 6.42 Å². The van der Waals surface area contributed by atoms with Crippen molar-refractivity contribution in [3.05, 3.63) is 0 Å². The summed E-state index contributed by atoms with van der Waals surface area (Å²) in [6, 6.07) is 0. The van der Waals surface area contributed by atoms with Crippen molar-refractivity contribution in [2.45, 2.75) is 82.8 Å². The van der Waals surface area contributed by atoms with Gasteiger partial charge in [0.1, 0.15) is 0 Å². The standard InChI is InChI=1S/C18H34O8/c19-12-14(21)10-18(17(25)26,11-15(22)13-20)9-7-5-3-1-2-4-6-8-16(23)24/h14-15,19-22H,1-13H2,(H,23,24)(H,25,26). The van der Waals surface area contributed by atoms with Gasteiger partial charge in [0.25, 0.3) is 0 Å². The summed E-state index contributed by atoms with van der Waals surface area (Å²) < 4.78 is 0. The lowest BCUT2D eigenvalue weighted by Crippen LogP contribution is -2.39. The van der Waals surface area contributed by atoms with E-state index in [1.165, 1.54) is 0 Å². The first-order valence-corrected chi connectivity index (χ1v) is 9.30. The van der Waals surface area contributed by atoms with Gasteiger partial charge in [-0.05, 0) is 25.7 Å². The number of unbranched alkanes of at least 4 members (excludes halogenated alkanes) is 6. The first kappa shape index (κ1) is 24.8. The molecule has 0 bridgehead atoms. The average Bonchev–Trinajstić information content (AvgIpc) is 2.59. The molecule has 0 fully saturated rings. The molecule has 0 saturated heterocycles. The van der Waals surface area contributed by atoms with Crippen LogP contribution in [0.1, 0.15) is 70.6 Å². The Labute approximate surface area is 154 Å². The molecule has 0 aliphatic rings. The van der Waals surface area contributed by atoms with E-state index in [4.69, 9.17) is 15.3 Å². The normalized spacial score (nSPS) is 16.0. The molecule has 8 nitrogen and oxygen atoms in total. The Bertz CT molecular complexity index is 387. The van der Waals surface area contributed by atoms with Crippen molar-refractivity contribution >= 4 is 11.9 Å². The lowest BCUT2D eigenvalue weighted by Gasteiger charge is -2.32. The zero-order valence-electron chi connectivity index (χ0n) is 15.3. The van der Waals surface area contributed by atoms with Crippen LogP contribution < -0.4 is 0 Å². The maximum Gasteiger partial charge on any atom is 0.309 e. The van der Waals surface area contributed by atoms with Crippen LogP contribution in [-0.4, -0.2) is 68.0 Å². The van der Waals surface area contributed by atoms with Crippen LogP contribution in [0.4, 0.5) is 0 Å². The van der Waals surface area contributed by atoms with E-state index < -0.39 is 42.8 Å². The predicted octanol–water partition coefficient (Wildman–Crippen LogP) is 1.14. The average molecular weight is 378 g/mol. The van der Waals surface area contributed by atoms with Gasteiger partial charge in [-0.2, -0.15) is 0 Å². The number of hydrogen-bond donors (Lipinski definition) is 6. The maximum absolute atomic E-state index is 11.8. The smallest absolute Gasteiger partial charge is 0.309 e. The predicted molar refractivity (Wildman–Crippen MR) is 94.7 cm³/mol. The van der Waals surface area contributed by atoms with Crippen LogP contribution in [0.15, 0.2) is 0 Å². The largest absolute Gasteiger partial charge is 0.481 e. The van der Waals surface area contributed by atoms with Gasteiger partial charge in [-0.1, -0.05) is 38.5 Å². The molecule has 154 valence electrons. The van der Waals surface area contributed by atoms with Crippen molar-refractivity contribution in [1.29, 1.82) is 0 Å². The Morgan fingerprint density at radius 3 is 1.54 bits per heavy atom. The van der Waals surface area contributed by atoms with Gasteiger partial charge in [0.05, 0.1) is 30.8 Å². The molecule has 0 aliphatic heterocycles. The van der Waals surface area contributed by atoms with Crippen LogP contribution >= 0.6 is 0 Å². The van der Waals surface area contributed by atoms with Crippen LogP contribution in [-0.2, 0) is 9.59 Å². The summed E-state index contributed by atoms with van der Waals surface area (Å²) in [5.74, 6) is -1.93. The number of carboxylic acid groups (broad SMARTS) is 2. The number of rotatable bonds is 17. The van der Waals surface area contributed by atoms with E-state index in [1.54, 1.807) is 0 Å². The molecule has 0 heterocycles. The molecule has 6 N–H and O–H groups in total. The second-order valence-corrected chi connectivity index (χ2v) is 7.04. The molecule has 0 saturated carbocycles. The van der Waals surface area contributed by atoms with Gasteiger partial charge in [0.2, 0.25) is 0 Å². The number of aliphatic hydroxyl groups excluding tert-OH is 4. The molecule has 0 rings (SSSR count). The van der Waals surface area contributed by atoms with Crippen LogP contribution in [0.3, 0.4) is 0 Å². The van der Waals surface area contributed by atoms with Gasteiger partial charge in [0.15, 0.2) is 0 Å². The number of aliphatic hydroxyl groups is 4. The number of aliphatic carboxylic acids is 2. The van der Waals surface area contributed by atoms with Gasteiger partial charge >= 0.3 is 11.9 Å². The fourth-order valence-electron chi connectivity index (χ4n) is 3.22. The topological polar surface area (TPSA) is 156 Å². The van der Waals surface area contributed by atoms with Gasteiger partial charge in [-0.25, -0.2) is 0 Å². The Hall–Kier alpha value is -1.22. The summed E-state index contributed by atoms with van der Waals surface area (Å²) in [6.45, 7) is -1.11. The van der Waals surface area contributed by atoms with Gasteiger partial charge in [-0.15, -0.1) is 0 Å². The van der Waals surface area contributed by atoms with E-state index in [-0.39, 0.29) is 25.7 Å². The number of carbonyl (C=O) groups is 2. The van der Waals surface area contributed by atoms with Gasteiger partial charge < -0.3 is 30.6 Å². The van der Waals surface area contributed by atoms with E-state index in [0.717, 1.165) is 32.1 Å². The molecule has 0 aromatic rings. The summed E-state index contributed by atoms with van der Waals surface area (Å²) >= 11 is 0. The molecule has 0 aliphatic carbocycles. The zero-order valence-corrected chi connectivity index (χ0v) is 15.3. The van der Waals surface area contributed by atoms with Crippen LogP contribution in [0, 0.1) is 5.41 Å². The minimum atomic E-state index is -1.38. The van der Waals surface area contributed by atoms with Crippen molar-refractivity contribution < 1.29 is 40.2 Å². The highest BCUT2D eigenvalue weighted by atomic mass is 16.4. The maximum atomic E-state index is 11.8. The minimum Gasteiger partial charge on any atom is -0.481 e. The second kappa shape index (κ2) is 13.9. The van der Waals surface area contributed by atoms with Crippen molar-refractivity contribution in [1.82, 2.24) is 0 Å². The molecule has 0 amide bonds. The molecule has 0 aromatic carbocycles. The monoisotopic (exact) mass is 378 g/mol. The first-order valence-electron chi connectivity index (χ1n) is 9.30.